The van der Waals surface area contributed by atoms with Crippen LogP contribution in [0.4, 0.5) is 0 Å². The number of carbonyl (C=O) groups is 1. The highest BCUT2D eigenvalue weighted by molar-refractivity contribution is 5.80. The van der Waals surface area contributed by atoms with E-state index in [-0.39, 0.29) is 6.42 Å². The molecular formula is C44H81NO5. The third kappa shape index (κ3) is 32.2. The average molecular weight is 704 g/mol. The second kappa shape index (κ2) is 38.5. The van der Waals surface area contributed by atoms with Crippen molar-refractivity contribution in [3.63, 3.8) is 0 Å². The monoisotopic (exact) mass is 704 g/mol. The van der Waals surface area contributed by atoms with Crippen molar-refractivity contribution in [3.8, 4) is 0 Å². The number of allylic oxidation sites excluding steroid dienone is 8. The second-order valence-electron chi connectivity index (χ2n) is 14.3. The van der Waals surface area contributed by atoms with Crippen molar-refractivity contribution in [2.75, 3.05) is 6.61 Å². The molecular weight excluding hydrogens is 622 g/mol. The maximum Gasteiger partial charge on any atom is 0.249 e. The lowest BCUT2D eigenvalue weighted by atomic mass is 10.0. The number of amides is 1. The minimum absolute atomic E-state index is 0.271. The summed E-state index contributed by atoms with van der Waals surface area (Å²) in [6.07, 6.45) is 46.1. The van der Waals surface area contributed by atoms with E-state index in [2.05, 4.69) is 61.7 Å². The topological polar surface area (TPSA) is 110 Å². The van der Waals surface area contributed by atoms with Gasteiger partial charge in [-0.3, -0.25) is 4.79 Å². The first-order valence-corrected chi connectivity index (χ1v) is 21.0. The summed E-state index contributed by atoms with van der Waals surface area (Å²) in [6.45, 7) is 3.95. The lowest BCUT2D eigenvalue weighted by Gasteiger charge is -2.27. The summed E-state index contributed by atoms with van der Waals surface area (Å²) >= 11 is 0. The van der Waals surface area contributed by atoms with Gasteiger partial charge in [0.1, 0.15) is 12.2 Å². The average Bonchev–Trinajstić information content (AvgIpc) is 3.12. The van der Waals surface area contributed by atoms with Crippen LogP contribution in [0.1, 0.15) is 194 Å². The number of unbranched alkanes of at least 4 members (excludes halogenated alkanes) is 20. The predicted molar refractivity (Wildman–Crippen MR) is 214 cm³/mol. The fourth-order valence-electron chi connectivity index (χ4n) is 6.08. The first kappa shape index (κ1) is 48.3. The van der Waals surface area contributed by atoms with E-state index in [1.165, 1.54) is 109 Å². The molecule has 6 heteroatoms. The number of hydrogen-bond acceptors (Lipinski definition) is 5. The molecule has 0 aliphatic heterocycles. The van der Waals surface area contributed by atoms with Crippen LogP contribution in [-0.4, -0.2) is 57.3 Å². The summed E-state index contributed by atoms with van der Waals surface area (Å²) in [5.41, 5.74) is 0. The third-order valence-corrected chi connectivity index (χ3v) is 9.48. The molecule has 0 fully saturated rings. The molecule has 0 rings (SSSR count). The van der Waals surface area contributed by atoms with E-state index in [0.717, 1.165) is 44.9 Å². The maximum atomic E-state index is 12.4. The maximum absolute atomic E-state index is 12.4. The summed E-state index contributed by atoms with van der Waals surface area (Å²) in [7, 11) is 0. The van der Waals surface area contributed by atoms with Crippen LogP contribution >= 0.6 is 0 Å². The van der Waals surface area contributed by atoms with Gasteiger partial charge in [-0.15, -0.1) is 0 Å². The minimum Gasteiger partial charge on any atom is -0.394 e. The van der Waals surface area contributed by atoms with Crippen molar-refractivity contribution in [2.45, 2.75) is 218 Å². The van der Waals surface area contributed by atoms with Crippen LogP contribution in [0.25, 0.3) is 0 Å². The molecule has 0 aliphatic rings. The minimum atomic E-state index is -1.30. The molecule has 0 aromatic rings. The Hall–Kier alpha value is -1.73. The van der Waals surface area contributed by atoms with E-state index in [4.69, 9.17) is 0 Å². The lowest BCUT2D eigenvalue weighted by molar-refractivity contribution is -0.132. The Labute approximate surface area is 309 Å². The van der Waals surface area contributed by atoms with Gasteiger partial charge in [0.25, 0.3) is 0 Å². The first-order valence-electron chi connectivity index (χ1n) is 21.0. The van der Waals surface area contributed by atoms with Crippen LogP contribution in [0.15, 0.2) is 48.6 Å². The third-order valence-electron chi connectivity index (χ3n) is 9.48. The molecule has 0 aliphatic carbocycles. The molecule has 0 aromatic carbocycles. The quantitative estimate of drug-likeness (QED) is 0.0327. The zero-order valence-corrected chi connectivity index (χ0v) is 32.6. The van der Waals surface area contributed by atoms with Crippen LogP contribution in [-0.2, 0) is 4.79 Å². The van der Waals surface area contributed by atoms with Crippen LogP contribution < -0.4 is 5.32 Å². The number of aliphatic hydroxyl groups excluding tert-OH is 4. The summed E-state index contributed by atoms with van der Waals surface area (Å²) in [5.74, 6) is -0.639. The SMILES string of the molecule is CCCCCC/C=C\CCC(O)C(=O)NC(CO)C(O)C(O)CCC/C=C/CC/C=C/CC/C=C/CCCCCCCCCCCCCCC. The van der Waals surface area contributed by atoms with Crippen LogP contribution in [0.2, 0.25) is 0 Å². The van der Waals surface area contributed by atoms with E-state index in [9.17, 15) is 25.2 Å². The standard InChI is InChI=1S/C44H81NO5/c1-3-5-7-9-11-13-14-15-16-17-18-19-20-21-22-23-24-25-26-27-28-29-30-32-33-35-37-41(47)43(49)40(39-46)45-44(50)42(48)38-36-34-31-12-10-8-6-4-2/h22-23,26-27,30-32,34,40-43,46-49H,3-21,24-25,28-29,33,35-39H2,1-2H3,(H,45,50)/b23-22+,27-26+,32-30+,34-31-. The number of nitrogens with one attached hydrogen (secondary N) is 1. The molecule has 0 radical (unpaired) electrons. The molecule has 0 saturated heterocycles. The highest BCUT2D eigenvalue weighted by Gasteiger charge is 2.28. The van der Waals surface area contributed by atoms with Gasteiger partial charge in [-0.2, -0.15) is 0 Å². The van der Waals surface area contributed by atoms with Crippen LogP contribution in [0.5, 0.6) is 0 Å². The van der Waals surface area contributed by atoms with E-state index in [1.807, 2.05) is 6.08 Å². The van der Waals surface area contributed by atoms with Crippen LogP contribution in [0.3, 0.4) is 0 Å². The van der Waals surface area contributed by atoms with Gasteiger partial charge in [-0.25, -0.2) is 0 Å². The zero-order valence-electron chi connectivity index (χ0n) is 32.6. The van der Waals surface area contributed by atoms with Gasteiger partial charge in [0.15, 0.2) is 0 Å². The Morgan fingerprint density at radius 2 is 0.840 bits per heavy atom. The summed E-state index contributed by atoms with van der Waals surface area (Å²) in [4.78, 5) is 12.4. The van der Waals surface area contributed by atoms with Gasteiger partial charge in [0, 0.05) is 0 Å². The van der Waals surface area contributed by atoms with Gasteiger partial charge < -0.3 is 25.7 Å². The molecule has 0 saturated carbocycles. The first-order chi connectivity index (χ1) is 24.5. The van der Waals surface area contributed by atoms with E-state index >= 15 is 0 Å². The van der Waals surface area contributed by atoms with Gasteiger partial charge in [0.2, 0.25) is 5.91 Å². The summed E-state index contributed by atoms with van der Waals surface area (Å²) in [5, 5.41) is 43.3. The molecule has 4 atom stereocenters. The van der Waals surface area contributed by atoms with Crippen LogP contribution in [0, 0.1) is 0 Å². The Kier molecular flexibility index (Phi) is 37.2. The highest BCUT2D eigenvalue weighted by Crippen LogP contribution is 2.14. The van der Waals surface area contributed by atoms with E-state index in [0.29, 0.717) is 19.3 Å². The molecule has 1 amide bonds. The summed E-state index contributed by atoms with van der Waals surface area (Å²) in [6, 6.07) is -1.02. The van der Waals surface area contributed by atoms with Crippen molar-refractivity contribution < 1.29 is 25.2 Å². The van der Waals surface area contributed by atoms with Crippen molar-refractivity contribution in [1.29, 1.82) is 0 Å². The van der Waals surface area contributed by atoms with Crippen molar-refractivity contribution in [3.05, 3.63) is 48.6 Å². The van der Waals surface area contributed by atoms with Gasteiger partial charge in [-0.1, -0.05) is 159 Å². The second-order valence-corrected chi connectivity index (χ2v) is 14.3. The summed E-state index contributed by atoms with van der Waals surface area (Å²) < 4.78 is 0. The Bertz CT molecular complexity index is 838. The molecule has 0 spiro atoms. The van der Waals surface area contributed by atoms with Gasteiger partial charge >= 0.3 is 0 Å². The van der Waals surface area contributed by atoms with Crippen molar-refractivity contribution >= 4 is 5.91 Å². The molecule has 0 bridgehead atoms. The normalized spacial score (nSPS) is 14.8. The number of rotatable bonds is 37. The Balaban J connectivity index is 3.79. The van der Waals surface area contributed by atoms with E-state index in [1.54, 1.807) is 0 Å². The van der Waals surface area contributed by atoms with Gasteiger partial charge in [0.05, 0.1) is 18.8 Å². The largest absolute Gasteiger partial charge is 0.394 e. The fourth-order valence-corrected chi connectivity index (χ4v) is 6.08. The van der Waals surface area contributed by atoms with Crippen molar-refractivity contribution in [1.82, 2.24) is 5.32 Å². The Morgan fingerprint density at radius 3 is 1.28 bits per heavy atom. The fraction of sp³-hybridized carbons (Fsp3) is 0.795. The molecule has 5 N–H and O–H groups in total. The van der Waals surface area contributed by atoms with Crippen molar-refractivity contribution in [2.24, 2.45) is 0 Å². The molecule has 0 heterocycles. The molecule has 6 nitrogen and oxygen atoms in total. The molecule has 0 aromatic heterocycles. The molecule has 292 valence electrons. The van der Waals surface area contributed by atoms with Gasteiger partial charge in [-0.05, 0) is 83.5 Å². The molecule has 4 unspecified atom stereocenters. The Morgan fingerprint density at radius 1 is 0.480 bits per heavy atom. The number of aliphatic hydroxyl groups is 4. The predicted octanol–water partition coefficient (Wildman–Crippen LogP) is 10.7. The molecule has 50 heavy (non-hydrogen) atoms. The number of hydrogen-bond donors (Lipinski definition) is 5. The smallest absolute Gasteiger partial charge is 0.249 e. The highest BCUT2D eigenvalue weighted by atomic mass is 16.3. The zero-order chi connectivity index (χ0) is 36.8. The van der Waals surface area contributed by atoms with E-state index < -0.39 is 36.9 Å². The lowest BCUT2D eigenvalue weighted by Crippen LogP contribution is -2.53. The number of carbonyl (C=O) groups excluding carboxylic acids is 1.